The third-order valence-electron chi connectivity index (χ3n) is 3.43. The monoisotopic (exact) mass is 340 g/mol. The van der Waals surface area contributed by atoms with Gasteiger partial charge in [-0.25, -0.2) is 13.8 Å². The maximum Gasteiger partial charge on any atom is 0.244 e. The van der Waals surface area contributed by atoms with Gasteiger partial charge in [-0.15, -0.1) is 0 Å². The SMILES string of the molecule is O=C(C=Cc1c(F)cccc1F)NCc1ncc(-c2ccccc2)o1. The summed E-state index contributed by atoms with van der Waals surface area (Å²) in [6.07, 6.45) is 3.72. The molecule has 0 saturated carbocycles. The number of carbonyl (C=O) groups is 1. The quantitative estimate of drug-likeness (QED) is 0.716. The van der Waals surface area contributed by atoms with Gasteiger partial charge in [0.25, 0.3) is 0 Å². The Labute approximate surface area is 142 Å². The molecule has 0 aliphatic carbocycles. The fourth-order valence-corrected chi connectivity index (χ4v) is 2.18. The third-order valence-corrected chi connectivity index (χ3v) is 3.43. The normalized spacial score (nSPS) is 11.0. The molecule has 1 N–H and O–H groups in total. The molecular formula is C19H14F2N2O2. The van der Waals surface area contributed by atoms with Crippen LogP contribution in [-0.2, 0) is 11.3 Å². The van der Waals surface area contributed by atoms with Gasteiger partial charge in [0.15, 0.2) is 5.76 Å². The molecule has 0 radical (unpaired) electrons. The van der Waals surface area contributed by atoms with Gasteiger partial charge in [0.2, 0.25) is 11.8 Å². The van der Waals surface area contributed by atoms with E-state index >= 15 is 0 Å². The average Bonchev–Trinajstić information content (AvgIpc) is 3.09. The molecule has 3 aromatic rings. The number of hydrogen-bond donors (Lipinski definition) is 1. The van der Waals surface area contributed by atoms with Gasteiger partial charge in [0.05, 0.1) is 12.7 Å². The van der Waals surface area contributed by atoms with Gasteiger partial charge < -0.3 is 9.73 Å². The van der Waals surface area contributed by atoms with Gasteiger partial charge in [-0.2, -0.15) is 0 Å². The van der Waals surface area contributed by atoms with Gasteiger partial charge in [0, 0.05) is 17.2 Å². The molecular weight excluding hydrogens is 326 g/mol. The minimum Gasteiger partial charge on any atom is -0.439 e. The highest BCUT2D eigenvalue weighted by molar-refractivity contribution is 5.91. The first kappa shape index (κ1) is 16.6. The van der Waals surface area contributed by atoms with E-state index < -0.39 is 17.5 Å². The van der Waals surface area contributed by atoms with E-state index in [0.717, 1.165) is 29.8 Å². The number of amides is 1. The highest BCUT2D eigenvalue weighted by atomic mass is 19.1. The summed E-state index contributed by atoms with van der Waals surface area (Å²) in [6.45, 7) is 0.0652. The van der Waals surface area contributed by atoms with Crippen LogP contribution in [0.1, 0.15) is 11.5 Å². The molecule has 0 saturated heterocycles. The lowest BCUT2D eigenvalue weighted by Gasteiger charge is -2.00. The Morgan fingerprint density at radius 1 is 1.08 bits per heavy atom. The predicted molar refractivity (Wildman–Crippen MR) is 89.2 cm³/mol. The van der Waals surface area contributed by atoms with Crippen molar-refractivity contribution in [2.24, 2.45) is 0 Å². The smallest absolute Gasteiger partial charge is 0.244 e. The van der Waals surface area contributed by atoms with Crippen molar-refractivity contribution in [1.29, 1.82) is 0 Å². The highest BCUT2D eigenvalue weighted by Gasteiger charge is 2.08. The second-order valence-electron chi connectivity index (χ2n) is 5.17. The summed E-state index contributed by atoms with van der Waals surface area (Å²) in [5.41, 5.74) is 0.614. The Balaban J connectivity index is 1.60. The van der Waals surface area contributed by atoms with E-state index in [4.69, 9.17) is 4.42 Å². The molecule has 0 aliphatic rings. The number of nitrogens with one attached hydrogen (secondary N) is 1. The van der Waals surface area contributed by atoms with E-state index in [1.165, 1.54) is 6.07 Å². The molecule has 0 unspecified atom stereocenters. The summed E-state index contributed by atoms with van der Waals surface area (Å²) in [5.74, 6) is -1.05. The topological polar surface area (TPSA) is 55.1 Å². The van der Waals surface area contributed by atoms with Crippen molar-refractivity contribution in [3.8, 4) is 11.3 Å². The van der Waals surface area contributed by atoms with Crippen LogP contribution in [0.5, 0.6) is 0 Å². The number of benzene rings is 2. The molecule has 2 aromatic carbocycles. The zero-order valence-corrected chi connectivity index (χ0v) is 13.1. The molecule has 3 rings (SSSR count). The van der Waals surface area contributed by atoms with E-state index in [1.54, 1.807) is 6.20 Å². The predicted octanol–water partition coefficient (Wildman–Crippen LogP) is 3.95. The molecule has 126 valence electrons. The third kappa shape index (κ3) is 4.17. The van der Waals surface area contributed by atoms with Crippen molar-refractivity contribution >= 4 is 12.0 Å². The fourth-order valence-electron chi connectivity index (χ4n) is 2.18. The van der Waals surface area contributed by atoms with Crippen molar-refractivity contribution in [3.05, 3.63) is 83.9 Å². The average molecular weight is 340 g/mol. The number of aromatic nitrogens is 1. The van der Waals surface area contributed by atoms with Gasteiger partial charge in [0.1, 0.15) is 11.6 Å². The summed E-state index contributed by atoms with van der Waals surface area (Å²) >= 11 is 0. The van der Waals surface area contributed by atoms with Crippen LogP contribution in [0.3, 0.4) is 0 Å². The Kier molecular flexibility index (Phi) is 4.99. The van der Waals surface area contributed by atoms with E-state index in [2.05, 4.69) is 10.3 Å². The lowest BCUT2D eigenvalue weighted by atomic mass is 10.2. The summed E-state index contributed by atoms with van der Waals surface area (Å²) < 4.78 is 32.5. The molecule has 1 aromatic heterocycles. The van der Waals surface area contributed by atoms with Gasteiger partial charge in [-0.3, -0.25) is 4.79 Å². The van der Waals surface area contributed by atoms with Crippen LogP contribution in [0.2, 0.25) is 0 Å². The van der Waals surface area contributed by atoms with Gasteiger partial charge in [-0.05, 0) is 18.2 Å². The Hall–Kier alpha value is -3.28. The summed E-state index contributed by atoms with van der Waals surface area (Å²) in [5, 5.41) is 2.55. The summed E-state index contributed by atoms with van der Waals surface area (Å²) in [7, 11) is 0. The van der Waals surface area contributed by atoms with E-state index in [-0.39, 0.29) is 12.1 Å². The lowest BCUT2D eigenvalue weighted by Crippen LogP contribution is -2.20. The van der Waals surface area contributed by atoms with Crippen molar-refractivity contribution in [3.63, 3.8) is 0 Å². The van der Waals surface area contributed by atoms with Crippen molar-refractivity contribution in [1.82, 2.24) is 10.3 Å². The Morgan fingerprint density at radius 3 is 2.52 bits per heavy atom. The molecule has 25 heavy (non-hydrogen) atoms. The Morgan fingerprint density at radius 2 is 1.80 bits per heavy atom. The number of nitrogens with zero attached hydrogens (tertiary/aromatic N) is 1. The van der Waals surface area contributed by atoms with Crippen LogP contribution >= 0.6 is 0 Å². The minimum atomic E-state index is -0.732. The lowest BCUT2D eigenvalue weighted by molar-refractivity contribution is -0.116. The van der Waals surface area contributed by atoms with Crippen molar-refractivity contribution in [2.75, 3.05) is 0 Å². The van der Waals surface area contributed by atoms with E-state index in [0.29, 0.717) is 11.7 Å². The second kappa shape index (κ2) is 7.53. The van der Waals surface area contributed by atoms with Gasteiger partial charge in [-0.1, -0.05) is 36.4 Å². The van der Waals surface area contributed by atoms with Crippen molar-refractivity contribution < 1.29 is 18.0 Å². The zero-order valence-electron chi connectivity index (χ0n) is 13.1. The highest BCUT2D eigenvalue weighted by Crippen LogP contribution is 2.19. The fraction of sp³-hybridized carbons (Fsp3) is 0.0526. The molecule has 6 heteroatoms. The summed E-state index contributed by atoms with van der Waals surface area (Å²) in [6, 6.07) is 12.9. The molecule has 0 spiro atoms. The molecule has 0 aliphatic heterocycles. The first-order valence-corrected chi connectivity index (χ1v) is 7.53. The second-order valence-corrected chi connectivity index (χ2v) is 5.17. The number of carbonyl (C=O) groups excluding carboxylic acids is 1. The molecule has 0 bridgehead atoms. The molecule has 4 nitrogen and oxygen atoms in total. The number of rotatable bonds is 5. The van der Waals surface area contributed by atoms with E-state index in [9.17, 15) is 13.6 Å². The van der Waals surface area contributed by atoms with Crippen LogP contribution in [0.4, 0.5) is 8.78 Å². The maximum absolute atomic E-state index is 13.5. The zero-order chi connectivity index (χ0) is 17.6. The number of halogens is 2. The number of oxazole rings is 1. The summed E-state index contributed by atoms with van der Waals surface area (Å²) in [4.78, 5) is 15.9. The molecule has 0 fully saturated rings. The van der Waals surface area contributed by atoms with Crippen LogP contribution in [0.15, 0.2) is 65.2 Å². The standard InChI is InChI=1S/C19H14F2N2O2/c20-15-7-4-8-16(21)14(15)9-10-18(24)22-12-19-23-11-17(25-19)13-5-2-1-3-6-13/h1-11H,12H2,(H,22,24). The van der Waals surface area contributed by atoms with Crippen LogP contribution in [0, 0.1) is 11.6 Å². The maximum atomic E-state index is 13.5. The van der Waals surface area contributed by atoms with Crippen LogP contribution in [0.25, 0.3) is 17.4 Å². The van der Waals surface area contributed by atoms with Crippen molar-refractivity contribution in [2.45, 2.75) is 6.54 Å². The minimum absolute atomic E-state index is 0.0652. The van der Waals surface area contributed by atoms with Gasteiger partial charge >= 0.3 is 0 Å². The largest absolute Gasteiger partial charge is 0.439 e. The number of hydrogen-bond acceptors (Lipinski definition) is 3. The first-order valence-electron chi connectivity index (χ1n) is 7.53. The molecule has 1 heterocycles. The Bertz CT molecular complexity index is 885. The molecule has 0 atom stereocenters. The van der Waals surface area contributed by atoms with E-state index in [1.807, 2.05) is 30.3 Å². The van der Waals surface area contributed by atoms with Crippen LogP contribution in [-0.4, -0.2) is 10.9 Å². The molecule has 1 amide bonds. The first-order chi connectivity index (χ1) is 12.1. The van der Waals surface area contributed by atoms with Crippen LogP contribution < -0.4 is 5.32 Å².